The van der Waals surface area contributed by atoms with Crippen molar-refractivity contribution in [2.75, 3.05) is 0 Å². The Morgan fingerprint density at radius 1 is 0.462 bits per heavy atom. The number of hydrogen-bond acceptors (Lipinski definition) is 0. The molecule has 0 N–H and O–H groups in total. The number of rotatable bonds is 0. The summed E-state index contributed by atoms with van der Waals surface area (Å²) in [4.78, 5) is 0. The molecule has 2 aromatic heterocycles. The Hall–Kier alpha value is -3.26. The van der Waals surface area contributed by atoms with E-state index < -0.39 is 0 Å². The standard InChI is InChI=1S/C24H18N2/c1-25-18-9-5-3-7-16(18)23-20(25)13-11-15-12-14-21-24(22(15)23)17-8-4-6-10-19(17)26(21)2/h3-14H,1-2H3. The van der Waals surface area contributed by atoms with Gasteiger partial charge in [0.1, 0.15) is 0 Å². The molecule has 0 atom stereocenters. The first-order valence-electron chi connectivity index (χ1n) is 9.01. The Kier molecular flexibility index (Phi) is 2.51. The zero-order valence-corrected chi connectivity index (χ0v) is 14.8. The van der Waals surface area contributed by atoms with Crippen molar-refractivity contribution in [3.05, 3.63) is 72.8 Å². The Balaban J connectivity index is 2.05. The van der Waals surface area contributed by atoms with Gasteiger partial charge in [0.05, 0.1) is 0 Å². The molecule has 0 aliphatic heterocycles. The van der Waals surface area contributed by atoms with Crippen molar-refractivity contribution in [1.82, 2.24) is 9.13 Å². The van der Waals surface area contributed by atoms with E-state index in [0.29, 0.717) is 0 Å². The van der Waals surface area contributed by atoms with Gasteiger partial charge < -0.3 is 9.13 Å². The first-order chi connectivity index (χ1) is 12.8. The van der Waals surface area contributed by atoms with Crippen molar-refractivity contribution in [2.24, 2.45) is 14.1 Å². The van der Waals surface area contributed by atoms with Crippen LogP contribution < -0.4 is 0 Å². The highest BCUT2D eigenvalue weighted by Gasteiger charge is 2.16. The van der Waals surface area contributed by atoms with Crippen LogP contribution in [0.15, 0.2) is 72.8 Å². The second kappa shape index (κ2) is 4.67. The van der Waals surface area contributed by atoms with E-state index in [0.717, 1.165) is 0 Å². The summed E-state index contributed by atoms with van der Waals surface area (Å²) in [6, 6.07) is 26.5. The molecule has 2 heterocycles. The van der Waals surface area contributed by atoms with Gasteiger partial charge in [0, 0.05) is 63.1 Å². The lowest BCUT2D eigenvalue weighted by Crippen LogP contribution is -1.87. The number of benzene rings is 4. The third kappa shape index (κ3) is 1.53. The van der Waals surface area contributed by atoms with Gasteiger partial charge in [-0.15, -0.1) is 0 Å². The molecule has 2 heteroatoms. The monoisotopic (exact) mass is 334 g/mol. The predicted octanol–water partition coefficient (Wildman–Crippen LogP) is 6.13. The summed E-state index contributed by atoms with van der Waals surface area (Å²) < 4.78 is 4.63. The Bertz CT molecular complexity index is 1380. The Labute approximate surface area is 150 Å². The van der Waals surface area contributed by atoms with Gasteiger partial charge in [0.15, 0.2) is 0 Å². The number of hydrogen-bond donors (Lipinski definition) is 0. The molecule has 26 heavy (non-hydrogen) atoms. The summed E-state index contributed by atoms with van der Waals surface area (Å²) in [5.41, 5.74) is 5.15. The van der Waals surface area contributed by atoms with Gasteiger partial charge in [-0.25, -0.2) is 0 Å². The molecular weight excluding hydrogens is 316 g/mol. The van der Waals surface area contributed by atoms with Crippen LogP contribution in [0, 0.1) is 0 Å². The van der Waals surface area contributed by atoms with Crippen molar-refractivity contribution >= 4 is 54.4 Å². The van der Waals surface area contributed by atoms with Crippen LogP contribution in [0.4, 0.5) is 0 Å². The normalized spacial score (nSPS) is 12.2. The summed E-state index contributed by atoms with van der Waals surface area (Å²) >= 11 is 0. The van der Waals surface area contributed by atoms with Crippen LogP contribution >= 0.6 is 0 Å². The summed E-state index contributed by atoms with van der Waals surface area (Å²) in [6.45, 7) is 0. The van der Waals surface area contributed by atoms with E-state index in [1.165, 1.54) is 54.4 Å². The van der Waals surface area contributed by atoms with Gasteiger partial charge >= 0.3 is 0 Å². The number of aromatic nitrogens is 2. The molecule has 0 amide bonds. The van der Waals surface area contributed by atoms with Gasteiger partial charge in [-0.3, -0.25) is 0 Å². The fourth-order valence-corrected chi connectivity index (χ4v) is 4.72. The minimum absolute atomic E-state index is 1.28. The second-order valence-electron chi connectivity index (χ2n) is 7.17. The second-order valence-corrected chi connectivity index (χ2v) is 7.17. The highest BCUT2D eigenvalue weighted by molar-refractivity contribution is 6.32. The third-order valence-electron chi connectivity index (χ3n) is 5.93. The first-order valence-corrected chi connectivity index (χ1v) is 9.01. The molecule has 0 bridgehead atoms. The van der Waals surface area contributed by atoms with Crippen LogP contribution in [-0.2, 0) is 14.1 Å². The number of aryl methyl sites for hydroxylation is 2. The average Bonchev–Trinajstić information content (AvgIpc) is 3.15. The van der Waals surface area contributed by atoms with E-state index in [-0.39, 0.29) is 0 Å². The molecule has 0 aliphatic carbocycles. The van der Waals surface area contributed by atoms with Gasteiger partial charge in [0.2, 0.25) is 0 Å². The van der Waals surface area contributed by atoms with Crippen LogP contribution in [0.25, 0.3) is 54.4 Å². The van der Waals surface area contributed by atoms with Crippen molar-refractivity contribution in [3.63, 3.8) is 0 Å². The molecule has 6 aromatic rings. The van der Waals surface area contributed by atoms with Crippen molar-refractivity contribution < 1.29 is 0 Å². The molecular formula is C24H18N2. The highest BCUT2D eigenvalue weighted by Crippen LogP contribution is 2.41. The average molecular weight is 334 g/mol. The van der Waals surface area contributed by atoms with E-state index in [1.807, 2.05) is 0 Å². The maximum absolute atomic E-state index is 2.31. The lowest BCUT2D eigenvalue weighted by Gasteiger charge is -2.05. The smallest absolute Gasteiger partial charge is 0.0495 e. The quantitative estimate of drug-likeness (QED) is 0.316. The Morgan fingerprint density at radius 2 is 0.923 bits per heavy atom. The molecule has 6 rings (SSSR count). The molecule has 0 unspecified atom stereocenters. The molecule has 0 fully saturated rings. The van der Waals surface area contributed by atoms with E-state index in [1.54, 1.807) is 0 Å². The molecule has 0 aliphatic rings. The number of nitrogens with zero attached hydrogens (tertiary/aromatic N) is 2. The predicted molar refractivity (Wildman–Crippen MR) is 112 cm³/mol. The molecule has 0 radical (unpaired) electrons. The minimum Gasteiger partial charge on any atom is -0.344 e. The van der Waals surface area contributed by atoms with Gasteiger partial charge in [-0.05, 0) is 29.7 Å². The molecule has 0 spiro atoms. The first kappa shape index (κ1) is 14.0. The van der Waals surface area contributed by atoms with Crippen LogP contribution in [0.3, 0.4) is 0 Å². The summed E-state index contributed by atoms with van der Waals surface area (Å²) in [7, 11) is 4.33. The van der Waals surface area contributed by atoms with E-state index in [2.05, 4.69) is 96.0 Å². The van der Waals surface area contributed by atoms with Crippen LogP contribution in [0.1, 0.15) is 0 Å². The minimum atomic E-state index is 1.28. The van der Waals surface area contributed by atoms with Gasteiger partial charge in [-0.1, -0.05) is 48.5 Å². The zero-order valence-electron chi connectivity index (χ0n) is 14.8. The van der Waals surface area contributed by atoms with Crippen LogP contribution in [-0.4, -0.2) is 9.13 Å². The summed E-state index contributed by atoms with van der Waals surface area (Å²) in [6.07, 6.45) is 0. The van der Waals surface area contributed by atoms with E-state index in [4.69, 9.17) is 0 Å². The molecule has 0 saturated carbocycles. The maximum atomic E-state index is 2.31. The highest BCUT2D eigenvalue weighted by atomic mass is 14.9. The topological polar surface area (TPSA) is 9.86 Å². The van der Waals surface area contributed by atoms with Crippen molar-refractivity contribution in [2.45, 2.75) is 0 Å². The number of fused-ring (bicyclic) bond motifs is 9. The maximum Gasteiger partial charge on any atom is 0.0495 e. The van der Waals surface area contributed by atoms with Gasteiger partial charge in [0.25, 0.3) is 0 Å². The fourth-order valence-electron chi connectivity index (χ4n) is 4.72. The van der Waals surface area contributed by atoms with Crippen molar-refractivity contribution in [1.29, 1.82) is 0 Å². The fraction of sp³-hybridized carbons (Fsp3) is 0.0833. The lowest BCUT2D eigenvalue weighted by atomic mass is 9.98. The lowest BCUT2D eigenvalue weighted by molar-refractivity contribution is 1.01. The number of para-hydroxylation sites is 2. The van der Waals surface area contributed by atoms with E-state index in [9.17, 15) is 0 Å². The summed E-state index contributed by atoms with van der Waals surface area (Å²) in [5.74, 6) is 0. The third-order valence-corrected chi connectivity index (χ3v) is 5.93. The molecule has 4 aromatic carbocycles. The van der Waals surface area contributed by atoms with Crippen LogP contribution in [0.5, 0.6) is 0 Å². The summed E-state index contributed by atoms with van der Waals surface area (Å²) in [5, 5.41) is 8.06. The van der Waals surface area contributed by atoms with E-state index >= 15 is 0 Å². The SMILES string of the molecule is Cn1c2ccccc2c2c3c(ccc21)ccc1c3c2ccccc2n1C. The van der Waals surface area contributed by atoms with Crippen molar-refractivity contribution in [3.8, 4) is 0 Å². The van der Waals surface area contributed by atoms with Gasteiger partial charge in [-0.2, -0.15) is 0 Å². The van der Waals surface area contributed by atoms with Crippen LogP contribution in [0.2, 0.25) is 0 Å². The Morgan fingerprint density at radius 3 is 1.42 bits per heavy atom. The molecule has 0 saturated heterocycles. The largest absolute Gasteiger partial charge is 0.344 e. The zero-order chi connectivity index (χ0) is 17.4. The molecule has 124 valence electrons. The molecule has 2 nitrogen and oxygen atoms in total.